The molecule has 0 saturated carbocycles. The van der Waals surface area contributed by atoms with E-state index in [1.165, 1.54) is 0 Å². The summed E-state index contributed by atoms with van der Waals surface area (Å²) in [5, 5.41) is 8.23. The summed E-state index contributed by atoms with van der Waals surface area (Å²) in [7, 11) is 0. The quantitative estimate of drug-likeness (QED) is 0.407. The van der Waals surface area contributed by atoms with Crippen LogP contribution in [0.2, 0.25) is 0 Å². The molecule has 0 saturated heterocycles. The number of rotatable bonds is 2. The van der Waals surface area contributed by atoms with Gasteiger partial charge in [-0.3, -0.25) is 4.79 Å². The molecule has 0 bridgehead atoms. The molecule has 9 heavy (non-hydrogen) atoms. The summed E-state index contributed by atoms with van der Waals surface area (Å²) in [5.74, 6) is -0.910. The molecular formula is C5H12NNaO2. The minimum Gasteiger partial charge on any atom is -1.00 e. The Hall–Kier alpha value is 0.430. The predicted molar refractivity (Wildman–Crippen MR) is 31.6 cm³/mol. The third-order valence-electron chi connectivity index (χ3n) is 1.00. The predicted octanol–water partition coefficient (Wildman–Crippen LogP) is -2.83. The van der Waals surface area contributed by atoms with Crippen LogP contribution in [0.15, 0.2) is 0 Å². The van der Waals surface area contributed by atoms with Crippen LogP contribution in [-0.4, -0.2) is 17.1 Å². The Kier molecular flexibility index (Phi) is 7.06. The number of carboxylic acid groups (broad SMARTS) is 1. The van der Waals surface area contributed by atoms with Crippen molar-refractivity contribution in [2.75, 3.05) is 0 Å². The molecule has 0 spiro atoms. The molecular weight excluding hydrogens is 129 g/mol. The number of carbonyl (C=O) groups is 1. The fourth-order valence-electron chi connectivity index (χ4n) is 0.285. The second-order valence-corrected chi connectivity index (χ2v) is 2.11. The van der Waals surface area contributed by atoms with Crippen molar-refractivity contribution in [3.63, 3.8) is 0 Å². The van der Waals surface area contributed by atoms with E-state index in [0.29, 0.717) is 0 Å². The zero-order valence-electron chi connectivity index (χ0n) is 7.09. The first-order valence-corrected chi connectivity index (χ1v) is 2.54. The fourth-order valence-corrected chi connectivity index (χ4v) is 0.285. The van der Waals surface area contributed by atoms with Crippen LogP contribution in [0.1, 0.15) is 15.3 Å². The van der Waals surface area contributed by atoms with Crippen LogP contribution in [0.3, 0.4) is 0 Å². The smallest absolute Gasteiger partial charge is 1.00 e. The topological polar surface area (TPSA) is 63.3 Å². The monoisotopic (exact) mass is 141 g/mol. The van der Waals surface area contributed by atoms with Crippen molar-refractivity contribution in [3.8, 4) is 0 Å². The Morgan fingerprint density at radius 3 is 2.00 bits per heavy atom. The first-order valence-electron chi connectivity index (χ1n) is 2.54. The van der Waals surface area contributed by atoms with Gasteiger partial charge in [-0.15, -0.1) is 0 Å². The van der Waals surface area contributed by atoms with Crippen LogP contribution >= 0.6 is 0 Å². The van der Waals surface area contributed by atoms with Gasteiger partial charge in [-0.25, -0.2) is 0 Å². The van der Waals surface area contributed by atoms with Crippen molar-refractivity contribution in [3.05, 3.63) is 0 Å². The SMILES string of the molecule is CC(C)C(N)C(=O)O.[H-].[Na+]. The summed E-state index contributed by atoms with van der Waals surface area (Å²) in [6.07, 6.45) is 0. The van der Waals surface area contributed by atoms with Gasteiger partial charge in [0.15, 0.2) is 0 Å². The van der Waals surface area contributed by atoms with Gasteiger partial charge in [-0.1, -0.05) is 13.8 Å². The van der Waals surface area contributed by atoms with E-state index < -0.39 is 12.0 Å². The van der Waals surface area contributed by atoms with Gasteiger partial charge in [0.05, 0.1) is 0 Å². The third-order valence-corrected chi connectivity index (χ3v) is 1.00. The van der Waals surface area contributed by atoms with Crippen LogP contribution < -0.4 is 35.3 Å². The van der Waals surface area contributed by atoms with Crippen molar-refractivity contribution < 1.29 is 40.9 Å². The molecule has 0 aliphatic heterocycles. The van der Waals surface area contributed by atoms with Crippen LogP contribution in [0.4, 0.5) is 0 Å². The van der Waals surface area contributed by atoms with E-state index in [2.05, 4.69) is 0 Å². The molecule has 1 unspecified atom stereocenters. The van der Waals surface area contributed by atoms with Gasteiger partial charge >= 0.3 is 35.5 Å². The maximum atomic E-state index is 10.0. The summed E-state index contributed by atoms with van der Waals surface area (Å²) in [4.78, 5) is 10.0. The first-order chi connectivity index (χ1) is 3.55. The molecule has 0 aromatic carbocycles. The van der Waals surface area contributed by atoms with Gasteiger partial charge in [-0.2, -0.15) is 0 Å². The Bertz CT molecular complexity index is 99.6. The second kappa shape index (κ2) is 5.23. The molecule has 0 aliphatic rings. The molecule has 0 aromatic rings. The average Bonchev–Trinajstić information content (AvgIpc) is 1.64. The van der Waals surface area contributed by atoms with Crippen molar-refractivity contribution >= 4 is 5.97 Å². The number of aliphatic carboxylic acids is 1. The molecule has 1 atom stereocenters. The minimum atomic E-state index is -0.931. The second-order valence-electron chi connectivity index (χ2n) is 2.11. The number of nitrogens with two attached hydrogens (primary N) is 1. The van der Waals surface area contributed by atoms with Gasteiger partial charge in [0.1, 0.15) is 6.04 Å². The standard InChI is InChI=1S/C5H11NO2.Na.H/c1-3(2)4(6)5(7)8;;/h3-4H,6H2,1-2H3,(H,7,8);;/q;+1;-1. The molecule has 0 radical (unpaired) electrons. The molecule has 0 aliphatic carbocycles. The molecule has 0 aromatic heterocycles. The van der Waals surface area contributed by atoms with E-state index in [4.69, 9.17) is 10.8 Å². The van der Waals surface area contributed by atoms with Gasteiger partial charge < -0.3 is 12.3 Å². The minimum absolute atomic E-state index is 0. The molecule has 3 nitrogen and oxygen atoms in total. The third kappa shape index (κ3) is 4.90. The van der Waals surface area contributed by atoms with E-state index >= 15 is 0 Å². The zero-order chi connectivity index (χ0) is 6.73. The van der Waals surface area contributed by atoms with Crippen molar-refractivity contribution in [1.82, 2.24) is 0 Å². The summed E-state index contributed by atoms with van der Waals surface area (Å²) in [6.45, 7) is 3.55. The van der Waals surface area contributed by atoms with Gasteiger partial charge in [0.2, 0.25) is 0 Å². The molecule has 0 heterocycles. The zero-order valence-corrected chi connectivity index (χ0v) is 8.09. The molecule has 0 amide bonds. The summed E-state index contributed by atoms with van der Waals surface area (Å²) >= 11 is 0. The van der Waals surface area contributed by atoms with Crippen molar-refractivity contribution in [2.24, 2.45) is 11.7 Å². The molecule has 3 N–H and O–H groups in total. The van der Waals surface area contributed by atoms with E-state index in [-0.39, 0.29) is 36.9 Å². The average molecular weight is 141 g/mol. The Balaban J connectivity index is -0.000000245. The van der Waals surface area contributed by atoms with E-state index in [1.54, 1.807) is 13.8 Å². The van der Waals surface area contributed by atoms with Crippen LogP contribution in [-0.2, 0) is 4.79 Å². The molecule has 50 valence electrons. The Morgan fingerprint density at radius 1 is 1.67 bits per heavy atom. The van der Waals surface area contributed by atoms with Crippen LogP contribution in [0, 0.1) is 5.92 Å². The fraction of sp³-hybridized carbons (Fsp3) is 0.800. The van der Waals surface area contributed by atoms with Crippen molar-refractivity contribution in [2.45, 2.75) is 19.9 Å². The number of carboxylic acids is 1. The number of hydrogen-bond donors (Lipinski definition) is 2. The maximum absolute atomic E-state index is 10.0. The summed E-state index contributed by atoms with van der Waals surface area (Å²) in [6, 6.07) is -0.713. The Morgan fingerprint density at radius 2 is 2.00 bits per heavy atom. The molecule has 4 heteroatoms. The molecule has 0 fully saturated rings. The van der Waals surface area contributed by atoms with E-state index in [0.717, 1.165) is 0 Å². The van der Waals surface area contributed by atoms with Gasteiger partial charge in [0, 0.05) is 0 Å². The number of hydrogen-bond acceptors (Lipinski definition) is 2. The van der Waals surface area contributed by atoms with Gasteiger partial charge in [-0.05, 0) is 5.92 Å². The normalized spacial score (nSPS) is 12.4. The van der Waals surface area contributed by atoms with Crippen molar-refractivity contribution in [1.29, 1.82) is 0 Å². The Labute approximate surface area is 78.4 Å². The molecule has 0 rings (SSSR count). The largest absolute Gasteiger partial charge is 1.00 e. The van der Waals surface area contributed by atoms with Gasteiger partial charge in [0.25, 0.3) is 0 Å². The van der Waals surface area contributed by atoms with E-state index in [9.17, 15) is 4.79 Å². The first kappa shape index (κ1) is 12.1. The van der Waals surface area contributed by atoms with Crippen LogP contribution in [0.25, 0.3) is 0 Å². The van der Waals surface area contributed by atoms with Crippen LogP contribution in [0.5, 0.6) is 0 Å². The maximum Gasteiger partial charge on any atom is 1.00 e. The summed E-state index contributed by atoms with van der Waals surface area (Å²) in [5.41, 5.74) is 5.16. The summed E-state index contributed by atoms with van der Waals surface area (Å²) < 4.78 is 0. The van der Waals surface area contributed by atoms with E-state index in [1.807, 2.05) is 0 Å².